The van der Waals surface area contributed by atoms with Crippen LogP contribution in [0.4, 0.5) is 0 Å². The lowest BCUT2D eigenvalue weighted by molar-refractivity contribution is -0.0932. The van der Waals surface area contributed by atoms with E-state index in [0.29, 0.717) is 6.23 Å². The topological polar surface area (TPSA) is 15.7 Å². The molecule has 66 valence electrons. The lowest BCUT2D eigenvalue weighted by Crippen LogP contribution is -2.48. The Morgan fingerprint density at radius 2 is 2.27 bits per heavy atom. The van der Waals surface area contributed by atoms with Gasteiger partial charge in [-0.15, -0.1) is 0 Å². The normalized spacial score (nSPS) is 27.8. The zero-order valence-corrected chi connectivity index (χ0v) is 7.71. The highest BCUT2D eigenvalue weighted by Crippen LogP contribution is 2.05. The van der Waals surface area contributed by atoms with E-state index in [2.05, 4.69) is 30.8 Å². The van der Waals surface area contributed by atoms with Crippen LogP contribution in [-0.4, -0.2) is 56.4 Å². The molecule has 11 heavy (non-hydrogen) atoms. The van der Waals surface area contributed by atoms with Crippen LogP contribution in [0.15, 0.2) is 0 Å². The number of ether oxygens (including phenoxy) is 1. The van der Waals surface area contributed by atoms with Gasteiger partial charge in [0.1, 0.15) is 6.23 Å². The third-order valence-electron chi connectivity index (χ3n) is 2.16. The molecule has 1 heterocycles. The molecule has 0 bridgehead atoms. The third-order valence-corrected chi connectivity index (χ3v) is 2.16. The monoisotopic (exact) mass is 158 g/mol. The fourth-order valence-corrected chi connectivity index (χ4v) is 1.28. The van der Waals surface area contributed by atoms with E-state index in [1.807, 2.05) is 0 Å². The van der Waals surface area contributed by atoms with Crippen molar-refractivity contribution in [2.24, 2.45) is 0 Å². The molecule has 0 aromatic rings. The maximum Gasteiger partial charge on any atom is 0.123 e. The van der Waals surface area contributed by atoms with E-state index in [1.54, 1.807) is 0 Å². The molecule has 1 fully saturated rings. The quantitative estimate of drug-likeness (QED) is 0.572. The first-order valence-corrected chi connectivity index (χ1v) is 4.24. The summed E-state index contributed by atoms with van der Waals surface area (Å²) in [5.41, 5.74) is 0. The molecule has 0 saturated carbocycles. The van der Waals surface area contributed by atoms with Crippen molar-refractivity contribution in [3.8, 4) is 0 Å². The Morgan fingerprint density at radius 3 is 2.82 bits per heavy atom. The van der Waals surface area contributed by atoms with E-state index < -0.39 is 0 Å². The van der Waals surface area contributed by atoms with Crippen molar-refractivity contribution in [1.29, 1.82) is 0 Å². The van der Waals surface area contributed by atoms with Gasteiger partial charge in [-0.3, -0.25) is 9.80 Å². The van der Waals surface area contributed by atoms with Gasteiger partial charge in [0.2, 0.25) is 0 Å². The van der Waals surface area contributed by atoms with Crippen LogP contribution in [0, 0.1) is 0 Å². The lowest BCUT2D eigenvalue weighted by Gasteiger charge is -2.35. The van der Waals surface area contributed by atoms with Crippen LogP contribution in [-0.2, 0) is 4.74 Å². The summed E-state index contributed by atoms with van der Waals surface area (Å²) in [6.45, 7) is 6.33. The van der Waals surface area contributed by atoms with E-state index in [1.165, 1.54) is 0 Å². The van der Waals surface area contributed by atoms with Gasteiger partial charge in [0.25, 0.3) is 0 Å². The molecule has 0 N–H and O–H groups in total. The highest BCUT2D eigenvalue weighted by atomic mass is 16.5. The second-order valence-corrected chi connectivity index (χ2v) is 3.18. The van der Waals surface area contributed by atoms with E-state index in [0.717, 1.165) is 26.2 Å². The highest BCUT2D eigenvalue weighted by molar-refractivity contribution is 4.67. The van der Waals surface area contributed by atoms with Crippen molar-refractivity contribution in [1.82, 2.24) is 9.80 Å². The lowest BCUT2D eigenvalue weighted by atomic mass is 10.3. The van der Waals surface area contributed by atoms with E-state index in [4.69, 9.17) is 4.74 Å². The summed E-state index contributed by atoms with van der Waals surface area (Å²) in [5, 5.41) is 0. The summed E-state index contributed by atoms with van der Waals surface area (Å²) in [6.07, 6.45) is 0.295. The van der Waals surface area contributed by atoms with Crippen LogP contribution >= 0.6 is 0 Å². The summed E-state index contributed by atoms with van der Waals surface area (Å²) in [4.78, 5) is 4.54. The van der Waals surface area contributed by atoms with Crippen LogP contribution in [0.3, 0.4) is 0 Å². The third kappa shape index (κ3) is 2.43. The SMILES string of the molecule is CCN1CCOC(N(C)C)C1. The Morgan fingerprint density at radius 1 is 1.55 bits per heavy atom. The molecule has 3 heteroatoms. The molecule has 1 atom stereocenters. The molecular formula is C8H18N2O. The molecule has 1 aliphatic heterocycles. The molecule has 0 spiro atoms. The predicted octanol–water partition coefficient (Wildman–Crippen LogP) is 0.226. The molecule has 0 radical (unpaired) electrons. The zero-order chi connectivity index (χ0) is 8.27. The van der Waals surface area contributed by atoms with Crippen molar-refractivity contribution in [3.05, 3.63) is 0 Å². The fraction of sp³-hybridized carbons (Fsp3) is 1.00. The summed E-state index contributed by atoms with van der Waals surface area (Å²) in [5.74, 6) is 0. The number of hydrogen-bond donors (Lipinski definition) is 0. The van der Waals surface area contributed by atoms with Gasteiger partial charge in [0.15, 0.2) is 0 Å². The molecular weight excluding hydrogens is 140 g/mol. The molecule has 1 unspecified atom stereocenters. The van der Waals surface area contributed by atoms with Crippen LogP contribution in [0.1, 0.15) is 6.92 Å². The second kappa shape index (κ2) is 4.04. The van der Waals surface area contributed by atoms with Crippen LogP contribution in [0.5, 0.6) is 0 Å². The van der Waals surface area contributed by atoms with Gasteiger partial charge in [-0.05, 0) is 20.6 Å². The first kappa shape index (κ1) is 8.97. The number of nitrogens with zero attached hydrogens (tertiary/aromatic N) is 2. The van der Waals surface area contributed by atoms with Crippen LogP contribution in [0.2, 0.25) is 0 Å². The molecule has 1 aliphatic rings. The molecule has 0 amide bonds. The Bertz CT molecular complexity index is 117. The Labute approximate surface area is 68.9 Å². The van der Waals surface area contributed by atoms with E-state index in [9.17, 15) is 0 Å². The van der Waals surface area contributed by atoms with E-state index >= 15 is 0 Å². The fourth-order valence-electron chi connectivity index (χ4n) is 1.28. The average Bonchev–Trinajstić information content (AvgIpc) is 2.05. The highest BCUT2D eigenvalue weighted by Gasteiger charge is 2.20. The standard InChI is InChI=1S/C8H18N2O/c1-4-10-5-6-11-8(7-10)9(2)3/h8H,4-7H2,1-3H3. The van der Waals surface area contributed by atoms with E-state index in [-0.39, 0.29) is 0 Å². The van der Waals surface area contributed by atoms with Crippen molar-refractivity contribution in [3.63, 3.8) is 0 Å². The predicted molar refractivity (Wildman–Crippen MR) is 45.5 cm³/mol. The van der Waals surface area contributed by atoms with Gasteiger partial charge in [-0.1, -0.05) is 6.92 Å². The van der Waals surface area contributed by atoms with Crippen molar-refractivity contribution in [2.45, 2.75) is 13.2 Å². The van der Waals surface area contributed by atoms with Gasteiger partial charge in [0.05, 0.1) is 6.61 Å². The summed E-state index contributed by atoms with van der Waals surface area (Å²) in [6, 6.07) is 0. The van der Waals surface area contributed by atoms with Crippen LogP contribution in [0.25, 0.3) is 0 Å². The van der Waals surface area contributed by atoms with Gasteiger partial charge >= 0.3 is 0 Å². The van der Waals surface area contributed by atoms with Gasteiger partial charge in [0, 0.05) is 13.1 Å². The largest absolute Gasteiger partial charge is 0.360 e. The Balaban J connectivity index is 2.33. The summed E-state index contributed by atoms with van der Waals surface area (Å²) in [7, 11) is 4.12. The summed E-state index contributed by atoms with van der Waals surface area (Å²) >= 11 is 0. The molecule has 1 saturated heterocycles. The first-order chi connectivity index (χ1) is 5.24. The van der Waals surface area contributed by atoms with Crippen molar-refractivity contribution >= 4 is 0 Å². The van der Waals surface area contributed by atoms with Gasteiger partial charge in [-0.2, -0.15) is 0 Å². The van der Waals surface area contributed by atoms with Gasteiger partial charge in [-0.25, -0.2) is 0 Å². The minimum absolute atomic E-state index is 0.295. The zero-order valence-electron chi connectivity index (χ0n) is 7.71. The van der Waals surface area contributed by atoms with Crippen LogP contribution < -0.4 is 0 Å². The van der Waals surface area contributed by atoms with Crippen molar-refractivity contribution in [2.75, 3.05) is 40.3 Å². The molecule has 3 nitrogen and oxygen atoms in total. The average molecular weight is 158 g/mol. The molecule has 0 aromatic carbocycles. The smallest absolute Gasteiger partial charge is 0.123 e. The Hall–Kier alpha value is -0.120. The second-order valence-electron chi connectivity index (χ2n) is 3.18. The maximum atomic E-state index is 5.56. The maximum absolute atomic E-state index is 5.56. The number of hydrogen-bond acceptors (Lipinski definition) is 3. The summed E-state index contributed by atoms with van der Waals surface area (Å²) < 4.78 is 5.56. The molecule has 0 aliphatic carbocycles. The van der Waals surface area contributed by atoms with Gasteiger partial charge < -0.3 is 4.74 Å². The Kier molecular flexibility index (Phi) is 3.30. The molecule has 0 aromatic heterocycles. The van der Waals surface area contributed by atoms with Crippen molar-refractivity contribution < 1.29 is 4.74 Å². The minimum Gasteiger partial charge on any atom is -0.360 e. The number of morpholine rings is 1. The number of rotatable bonds is 2. The minimum atomic E-state index is 0.295. The molecule has 1 rings (SSSR count). The number of likely N-dealkylation sites (N-methyl/N-ethyl adjacent to an activating group) is 2. The first-order valence-electron chi connectivity index (χ1n) is 4.24.